The first kappa shape index (κ1) is 18.8. The predicted octanol–water partition coefficient (Wildman–Crippen LogP) is 3.97. The van der Waals surface area contributed by atoms with E-state index in [1.165, 1.54) is 11.8 Å². The number of likely N-dealkylation sites (tertiary alicyclic amines) is 1. The van der Waals surface area contributed by atoms with Gasteiger partial charge < -0.3 is 14.6 Å². The zero-order valence-electron chi connectivity index (χ0n) is 16.2. The number of hydrogen-bond acceptors (Lipinski definition) is 3. The lowest BCUT2D eigenvalue weighted by atomic mass is 9.81. The Morgan fingerprint density at radius 1 is 0.893 bits per heavy atom. The monoisotopic (exact) mass is 380 g/mol. The highest BCUT2D eigenvalue weighted by Gasteiger charge is 2.30. The fraction of sp³-hybridized carbons (Fsp3) is 0.478. The van der Waals surface area contributed by atoms with Crippen molar-refractivity contribution in [2.75, 3.05) is 13.1 Å². The number of nitrogens with one attached hydrogen (secondary N) is 1. The van der Waals surface area contributed by atoms with Crippen LogP contribution in [0.25, 0.3) is 0 Å². The van der Waals surface area contributed by atoms with Crippen LogP contribution in [0.4, 0.5) is 0 Å². The third-order valence-corrected chi connectivity index (χ3v) is 6.23. The van der Waals surface area contributed by atoms with Crippen LogP contribution in [0.1, 0.15) is 60.6 Å². The van der Waals surface area contributed by atoms with Crippen LogP contribution in [0, 0.1) is 5.92 Å². The van der Waals surface area contributed by atoms with Crippen molar-refractivity contribution in [1.82, 2.24) is 10.2 Å². The SMILES string of the molecule is O=C(NC1CCC(c2ccccc2)CC1)C1CCN(C(=O)c2ccco2)CC1. The molecule has 2 aromatic rings. The molecule has 2 fully saturated rings. The van der Waals surface area contributed by atoms with E-state index in [0.717, 1.165) is 38.5 Å². The quantitative estimate of drug-likeness (QED) is 0.873. The highest BCUT2D eigenvalue weighted by molar-refractivity contribution is 5.91. The van der Waals surface area contributed by atoms with Gasteiger partial charge in [0, 0.05) is 25.0 Å². The molecular weight excluding hydrogens is 352 g/mol. The Morgan fingerprint density at radius 3 is 2.25 bits per heavy atom. The molecule has 4 rings (SSSR count). The molecule has 5 nitrogen and oxygen atoms in total. The molecule has 5 heteroatoms. The van der Waals surface area contributed by atoms with Crippen molar-refractivity contribution >= 4 is 11.8 Å². The largest absolute Gasteiger partial charge is 0.459 e. The highest BCUT2D eigenvalue weighted by Crippen LogP contribution is 2.33. The molecule has 2 heterocycles. The molecule has 1 aromatic carbocycles. The van der Waals surface area contributed by atoms with E-state index in [4.69, 9.17) is 4.42 Å². The van der Waals surface area contributed by atoms with Gasteiger partial charge in [-0.2, -0.15) is 0 Å². The second kappa shape index (κ2) is 8.63. The van der Waals surface area contributed by atoms with Gasteiger partial charge in [0.05, 0.1) is 6.26 Å². The number of nitrogens with zero attached hydrogens (tertiary/aromatic N) is 1. The van der Waals surface area contributed by atoms with Gasteiger partial charge in [0.1, 0.15) is 0 Å². The molecule has 0 atom stereocenters. The van der Waals surface area contributed by atoms with E-state index in [9.17, 15) is 9.59 Å². The maximum absolute atomic E-state index is 12.7. The van der Waals surface area contributed by atoms with Crippen LogP contribution in [0.3, 0.4) is 0 Å². The molecule has 2 aliphatic rings. The molecule has 1 saturated carbocycles. The van der Waals surface area contributed by atoms with Crippen LogP contribution in [-0.2, 0) is 4.79 Å². The van der Waals surface area contributed by atoms with Crippen LogP contribution in [0.5, 0.6) is 0 Å². The van der Waals surface area contributed by atoms with E-state index >= 15 is 0 Å². The molecule has 1 aliphatic carbocycles. The summed E-state index contributed by atoms with van der Waals surface area (Å²) in [5.41, 5.74) is 1.42. The van der Waals surface area contributed by atoms with Crippen LogP contribution in [0.2, 0.25) is 0 Å². The van der Waals surface area contributed by atoms with Gasteiger partial charge in [-0.1, -0.05) is 30.3 Å². The predicted molar refractivity (Wildman–Crippen MR) is 107 cm³/mol. The Bertz CT molecular complexity index is 771. The standard InChI is InChI=1S/C23H28N2O3/c26-22(19-12-14-25(15-13-19)23(27)21-7-4-16-28-21)24-20-10-8-18(9-11-20)17-5-2-1-3-6-17/h1-7,16,18-20H,8-15H2,(H,24,26). The fourth-order valence-corrected chi connectivity index (χ4v) is 4.52. The van der Waals surface area contributed by atoms with Crippen LogP contribution >= 0.6 is 0 Å². The summed E-state index contributed by atoms with van der Waals surface area (Å²) < 4.78 is 5.19. The molecular formula is C23H28N2O3. The highest BCUT2D eigenvalue weighted by atomic mass is 16.3. The second-order valence-electron chi connectivity index (χ2n) is 8.01. The van der Waals surface area contributed by atoms with E-state index in [1.807, 2.05) is 0 Å². The van der Waals surface area contributed by atoms with Gasteiger partial charge >= 0.3 is 0 Å². The average Bonchev–Trinajstić information content (AvgIpc) is 3.29. The number of piperidine rings is 1. The number of amides is 2. The van der Waals surface area contributed by atoms with Crippen molar-refractivity contribution in [3.8, 4) is 0 Å². The minimum absolute atomic E-state index is 0.00694. The average molecular weight is 380 g/mol. The summed E-state index contributed by atoms with van der Waals surface area (Å²) >= 11 is 0. The summed E-state index contributed by atoms with van der Waals surface area (Å²) in [5, 5.41) is 3.27. The Labute approximate surface area is 166 Å². The number of hydrogen-bond donors (Lipinski definition) is 1. The van der Waals surface area contributed by atoms with Gasteiger partial charge in [0.25, 0.3) is 5.91 Å². The minimum Gasteiger partial charge on any atom is -0.459 e. The van der Waals surface area contributed by atoms with Gasteiger partial charge in [-0.25, -0.2) is 0 Å². The molecule has 148 valence electrons. The molecule has 0 spiro atoms. The van der Waals surface area contributed by atoms with Gasteiger partial charge in [-0.3, -0.25) is 9.59 Å². The number of carbonyl (C=O) groups is 2. The van der Waals surface area contributed by atoms with Crippen LogP contribution < -0.4 is 5.32 Å². The zero-order valence-corrected chi connectivity index (χ0v) is 16.2. The molecule has 1 aliphatic heterocycles. The van der Waals surface area contributed by atoms with E-state index in [2.05, 4.69) is 35.6 Å². The molecule has 1 saturated heterocycles. The first-order chi connectivity index (χ1) is 13.7. The fourth-order valence-electron chi connectivity index (χ4n) is 4.52. The lowest BCUT2D eigenvalue weighted by Crippen LogP contribution is -2.46. The lowest BCUT2D eigenvalue weighted by Gasteiger charge is -2.33. The summed E-state index contributed by atoms with van der Waals surface area (Å²) in [7, 11) is 0. The summed E-state index contributed by atoms with van der Waals surface area (Å²) in [6.07, 6.45) is 7.30. The normalized spacial score (nSPS) is 23.4. The molecule has 2 amide bonds. The summed E-state index contributed by atoms with van der Waals surface area (Å²) in [5.74, 6) is 1.08. The van der Waals surface area contributed by atoms with Crippen molar-refractivity contribution < 1.29 is 14.0 Å². The van der Waals surface area contributed by atoms with E-state index in [1.54, 1.807) is 17.0 Å². The Hall–Kier alpha value is -2.56. The first-order valence-electron chi connectivity index (χ1n) is 10.4. The molecule has 1 N–H and O–H groups in total. The third kappa shape index (κ3) is 4.29. The van der Waals surface area contributed by atoms with E-state index in [0.29, 0.717) is 24.8 Å². The molecule has 0 unspecified atom stereocenters. The first-order valence-corrected chi connectivity index (χ1v) is 10.4. The lowest BCUT2D eigenvalue weighted by molar-refractivity contribution is -0.127. The van der Waals surface area contributed by atoms with E-state index in [-0.39, 0.29) is 23.8 Å². The molecule has 0 radical (unpaired) electrons. The maximum Gasteiger partial charge on any atom is 0.289 e. The topological polar surface area (TPSA) is 62.6 Å². The summed E-state index contributed by atoms with van der Waals surface area (Å²) in [6, 6.07) is 14.4. The van der Waals surface area contributed by atoms with Gasteiger partial charge in [0.15, 0.2) is 5.76 Å². The zero-order chi connectivity index (χ0) is 19.3. The molecule has 1 aromatic heterocycles. The van der Waals surface area contributed by atoms with Gasteiger partial charge in [-0.15, -0.1) is 0 Å². The number of furan rings is 1. The second-order valence-corrected chi connectivity index (χ2v) is 8.01. The third-order valence-electron chi connectivity index (χ3n) is 6.23. The Kier molecular flexibility index (Phi) is 5.79. The van der Waals surface area contributed by atoms with Gasteiger partial charge in [0.2, 0.25) is 5.91 Å². The Balaban J connectivity index is 1.22. The molecule has 28 heavy (non-hydrogen) atoms. The van der Waals surface area contributed by atoms with Crippen molar-refractivity contribution in [1.29, 1.82) is 0 Å². The minimum atomic E-state index is -0.0805. The van der Waals surface area contributed by atoms with Gasteiger partial charge in [-0.05, 0) is 62.1 Å². The summed E-state index contributed by atoms with van der Waals surface area (Å²) in [4.78, 5) is 26.8. The van der Waals surface area contributed by atoms with Crippen molar-refractivity contribution in [3.63, 3.8) is 0 Å². The number of rotatable bonds is 4. The number of carbonyl (C=O) groups excluding carboxylic acids is 2. The number of benzene rings is 1. The van der Waals surface area contributed by atoms with Crippen molar-refractivity contribution in [2.24, 2.45) is 5.92 Å². The Morgan fingerprint density at radius 2 is 1.61 bits per heavy atom. The van der Waals surface area contributed by atoms with Crippen LogP contribution in [0.15, 0.2) is 53.1 Å². The molecule has 0 bridgehead atoms. The van der Waals surface area contributed by atoms with Crippen molar-refractivity contribution in [2.45, 2.75) is 50.5 Å². The summed E-state index contributed by atoms with van der Waals surface area (Å²) in [6.45, 7) is 1.22. The van der Waals surface area contributed by atoms with Crippen LogP contribution in [-0.4, -0.2) is 35.8 Å². The van der Waals surface area contributed by atoms with Crippen molar-refractivity contribution in [3.05, 3.63) is 60.1 Å². The maximum atomic E-state index is 12.7. The van der Waals surface area contributed by atoms with E-state index < -0.39 is 0 Å². The smallest absolute Gasteiger partial charge is 0.289 e.